The van der Waals surface area contributed by atoms with Crippen LogP contribution in [0.2, 0.25) is 0 Å². The quantitative estimate of drug-likeness (QED) is 0.337. The first-order valence-corrected chi connectivity index (χ1v) is 10.3. The lowest BCUT2D eigenvalue weighted by atomic mass is 9.89. The van der Waals surface area contributed by atoms with E-state index in [-0.39, 0.29) is 12.2 Å². The summed E-state index contributed by atoms with van der Waals surface area (Å²) in [6.45, 7) is 5.12. The maximum Gasteiger partial charge on any atom is 0.408 e. The number of aliphatic carboxylic acids is 1. The SMILES string of the molecule is C=CCON(C1CN(C(=O)O)C(C)(C(=O)O)C=C1C)S(=O)(=O)c1ccccc1[N+](=O)[O-]. The Kier molecular flexibility index (Phi) is 6.83. The summed E-state index contributed by atoms with van der Waals surface area (Å²) in [6.07, 6.45) is 0.752. The molecule has 0 aliphatic carbocycles. The smallest absolute Gasteiger partial charge is 0.408 e. The molecule has 0 radical (unpaired) electrons. The molecule has 0 saturated heterocycles. The van der Waals surface area contributed by atoms with E-state index in [4.69, 9.17) is 4.84 Å². The number of nitro benzene ring substituents is 1. The first kappa shape index (κ1) is 24.0. The molecule has 1 aliphatic rings. The average molecular weight is 455 g/mol. The average Bonchev–Trinajstić information content (AvgIpc) is 2.69. The van der Waals surface area contributed by atoms with Gasteiger partial charge in [0.15, 0.2) is 10.4 Å². The Morgan fingerprint density at radius 3 is 2.55 bits per heavy atom. The van der Waals surface area contributed by atoms with Crippen molar-refractivity contribution in [2.45, 2.75) is 30.3 Å². The molecule has 0 aromatic heterocycles. The van der Waals surface area contributed by atoms with Crippen LogP contribution in [-0.4, -0.2) is 69.7 Å². The monoisotopic (exact) mass is 455 g/mol. The number of nitrogens with zero attached hydrogens (tertiary/aromatic N) is 3. The lowest BCUT2D eigenvalue weighted by Gasteiger charge is -2.43. The minimum atomic E-state index is -4.67. The van der Waals surface area contributed by atoms with Gasteiger partial charge < -0.3 is 10.2 Å². The molecule has 1 amide bonds. The first-order valence-electron chi connectivity index (χ1n) is 8.83. The third kappa shape index (κ3) is 4.42. The van der Waals surface area contributed by atoms with Crippen LogP contribution in [0.4, 0.5) is 10.5 Å². The minimum absolute atomic E-state index is 0.189. The Labute approximate surface area is 177 Å². The Morgan fingerprint density at radius 2 is 2.03 bits per heavy atom. The van der Waals surface area contributed by atoms with Crippen molar-refractivity contribution in [3.63, 3.8) is 0 Å². The number of hydrogen-bond acceptors (Lipinski definition) is 7. The van der Waals surface area contributed by atoms with Crippen LogP contribution in [-0.2, 0) is 19.7 Å². The fourth-order valence-electron chi connectivity index (χ4n) is 3.19. The number of para-hydroxylation sites is 1. The predicted octanol–water partition coefficient (Wildman–Crippen LogP) is 1.85. The van der Waals surface area contributed by atoms with Gasteiger partial charge in [0.25, 0.3) is 15.7 Å². The van der Waals surface area contributed by atoms with E-state index in [9.17, 15) is 38.3 Å². The van der Waals surface area contributed by atoms with Gasteiger partial charge in [0.05, 0.1) is 17.6 Å². The molecular weight excluding hydrogens is 434 g/mol. The Hall–Kier alpha value is -3.29. The Balaban J connectivity index is 2.67. The molecular formula is C18H21N3O9S. The van der Waals surface area contributed by atoms with Crippen molar-refractivity contribution in [3.05, 3.63) is 58.7 Å². The molecule has 1 heterocycles. The van der Waals surface area contributed by atoms with Crippen molar-refractivity contribution in [1.82, 2.24) is 9.37 Å². The van der Waals surface area contributed by atoms with Crippen molar-refractivity contribution in [1.29, 1.82) is 0 Å². The van der Waals surface area contributed by atoms with E-state index in [0.29, 0.717) is 9.37 Å². The number of amides is 1. The normalized spacial score (nSPS) is 21.5. The molecule has 0 bridgehead atoms. The fourth-order valence-corrected chi connectivity index (χ4v) is 4.81. The van der Waals surface area contributed by atoms with Crippen molar-refractivity contribution >= 4 is 27.8 Å². The number of carboxylic acids is 1. The summed E-state index contributed by atoms with van der Waals surface area (Å²) >= 11 is 0. The van der Waals surface area contributed by atoms with Gasteiger partial charge in [-0.1, -0.05) is 28.3 Å². The predicted molar refractivity (Wildman–Crippen MR) is 107 cm³/mol. The lowest BCUT2D eigenvalue weighted by Crippen LogP contribution is -2.61. The molecule has 168 valence electrons. The maximum atomic E-state index is 13.3. The van der Waals surface area contributed by atoms with Gasteiger partial charge in [0, 0.05) is 12.6 Å². The van der Waals surface area contributed by atoms with E-state index in [2.05, 4.69) is 6.58 Å². The second kappa shape index (κ2) is 8.83. The number of nitro groups is 1. The van der Waals surface area contributed by atoms with E-state index >= 15 is 0 Å². The highest BCUT2D eigenvalue weighted by Gasteiger charge is 2.49. The lowest BCUT2D eigenvalue weighted by molar-refractivity contribution is -0.388. The summed E-state index contributed by atoms with van der Waals surface area (Å²) in [5.74, 6) is -1.45. The van der Waals surface area contributed by atoms with Crippen LogP contribution in [0.25, 0.3) is 0 Å². The zero-order chi connectivity index (χ0) is 23.6. The van der Waals surface area contributed by atoms with E-state index in [1.165, 1.54) is 25.1 Å². The Bertz CT molecular complexity index is 1050. The Morgan fingerprint density at radius 1 is 1.42 bits per heavy atom. The van der Waals surface area contributed by atoms with Gasteiger partial charge in [-0.25, -0.2) is 18.0 Å². The standard InChI is InChI=1S/C18H21N3O9S/c1-4-9-30-21(31(28,29)15-8-6-5-7-13(15)20(26)27)14-11-19(17(24)25)18(3,16(22)23)10-12(14)2/h4-8,10,14H,1,9,11H2,2-3H3,(H,22,23)(H,24,25). The van der Waals surface area contributed by atoms with Gasteiger partial charge in [-0.2, -0.15) is 0 Å². The zero-order valence-electron chi connectivity index (χ0n) is 16.7. The molecule has 1 aromatic carbocycles. The minimum Gasteiger partial charge on any atom is -0.479 e. The van der Waals surface area contributed by atoms with Gasteiger partial charge >= 0.3 is 12.1 Å². The molecule has 0 fully saturated rings. The third-order valence-electron chi connectivity index (χ3n) is 4.77. The summed E-state index contributed by atoms with van der Waals surface area (Å²) in [6, 6.07) is 3.33. The summed E-state index contributed by atoms with van der Waals surface area (Å²) in [5, 5.41) is 30.4. The zero-order valence-corrected chi connectivity index (χ0v) is 17.5. The number of carboxylic acid groups (broad SMARTS) is 2. The molecule has 2 unspecified atom stereocenters. The van der Waals surface area contributed by atoms with Gasteiger partial charge in [-0.05, 0) is 26.0 Å². The number of hydrogen-bond donors (Lipinski definition) is 2. The first-order chi connectivity index (χ1) is 14.4. The van der Waals surface area contributed by atoms with Crippen molar-refractivity contribution in [2.75, 3.05) is 13.2 Å². The van der Waals surface area contributed by atoms with E-state index in [1.807, 2.05) is 0 Å². The molecule has 2 N–H and O–H groups in total. The van der Waals surface area contributed by atoms with Crippen molar-refractivity contribution < 1.29 is 38.0 Å². The largest absolute Gasteiger partial charge is 0.479 e. The molecule has 0 saturated carbocycles. The second-order valence-electron chi connectivity index (χ2n) is 6.82. The number of sulfonamides is 1. The molecule has 2 atom stereocenters. The second-order valence-corrected chi connectivity index (χ2v) is 8.57. The van der Waals surface area contributed by atoms with Crippen LogP contribution in [0.15, 0.2) is 53.5 Å². The summed E-state index contributed by atoms with van der Waals surface area (Å²) < 4.78 is 27.1. The van der Waals surface area contributed by atoms with Gasteiger partial charge in [0.2, 0.25) is 0 Å². The summed E-state index contributed by atoms with van der Waals surface area (Å²) in [4.78, 5) is 39.2. The van der Waals surface area contributed by atoms with E-state index in [0.717, 1.165) is 25.1 Å². The van der Waals surface area contributed by atoms with Crippen LogP contribution in [0.1, 0.15) is 13.8 Å². The van der Waals surface area contributed by atoms with Crippen molar-refractivity contribution in [3.8, 4) is 0 Å². The molecule has 31 heavy (non-hydrogen) atoms. The highest BCUT2D eigenvalue weighted by atomic mass is 32.2. The van der Waals surface area contributed by atoms with Gasteiger partial charge in [-0.3, -0.25) is 19.9 Å². The number of carbonyl (C=O) groups is 2. The highest BCUT2D eigenvalue weighted by Crippen LogP contribution is 2.34. The molecule has 1 aliphatic heterocycles. The van der Waals surface area contributed by atoms with E-state index < -0.39 is 55.7 Å². The third-order valence-corrected chi connectivity index (χ3v) is 6.50. The van der Waals surface area contributed by atoms with Crippen LogP contribution >= 0.6 is 0 Å². The molecule has 12 nitrogen and oxygen atoms in total. The van der Waals surface area contributed by atoms with Gasteiger partial charge in [0.1, 0.15) is 0 Å². The molecule has 1 aromatic rings. The number of hydroxylamine groups is 1. The topological polar surface area (TPSA) is 168 Å². The van der Waals surface area contributed by atoms with Crippen molar-refractivity contribution in [2.24, 2.45) is 0 Å². The molecule has 2 rings (SSSR count). The summed E-state index contributed by atoms with van der Waals surface area (Å²) in [7, 11) is -4.67. The summed E-state index contributed by atoms with van der Waals surface area (Å²) in [5.41, 5.74) is -2.45. The van der Waals surface area contributed by atoms with Crippen LogP contribution in [0.3, 0.4) is 0 Å². The van der Waals surface area contributed by atoms with Crippen LogP contribution in [0.5, 0.6) is 0 Å². The highest BCUT2D eigenvalue weighted by molar-refractivity contribution is 7.89. The number of benzene rings is 1. The molecule has 0 spiro atoms. The van der Waals surface area contributed by atoms with Crippen LogP contribution < -0.4 is 0 Å². The maximum absolute atomic E-state index is 13.3. The fraction of sp³-hybridized carbons (Fsp3) is 0.333. The number of rotatable bonds is 8. The van der Waals surface area contributed by atoms with Crippen LogP contribution in [0, 0.1) is 10.1 Å². The van der Waals surface area contributed by atoms with Gasteiger partial charge in [-0.15, -0.1) is 6.58 Å². The van der Waals surface area contributed by atoms with E-state index in [1.54, 1.807) is 0 Å². The molecule has 13 heteroatoms.